The van der Waals surface area contributed by atoms with Crippen LogP contribution in [-0.4, -0.2) is 32.5 Å². The predicted molar refractivity (Wildman–Crippen MR) is 84.8 cm³/mol. The highest BCUT2D eigenvalue weighted by molar-refractivity contribution is 7.99. The van der Waals surface area contributed by atoms with E-state index in [0.29, 0.717) is 12.3 Å². The molecule has 1 aliphatic rings. The van der Waals surface area contributed by atoms with Crippen LogP contribution in [-0.2, 0) is 16.6 Å². The van der Waals surface area contributed by atoms with E-state index in [0.717, 1.165) is 18.2 Å². The first-order chi connectivity index (χ1) is 9.94. The zero-order chi connectivity index (χ0) is 15.5. The van der Waals surface area contributed by atoms with Crippen LogP contribution < -0.4 is 10.0 Å². The van der Waals surface area contributed by atoms with Gasteiger partial charge in [0.15, 0.2) is 0 Å². The Hall–Kier alpha value is -0.340. The Morgan fingerprint density at radius 1 is 1.48 bits per heavy atom. The SMILES string of the molecule is CCNCc1cc(Cl)cc(S(=O)(=O)NC2CCSC2)c1F. The van der Waals surface area contributed by atoms with Crippen LogP contribution in [0.25, 0.3) is 0 Å². The average Bonchev–Trinajstić information content (AvgIpc) is 2.91. The molecular weight excluding hydrogens is 335 g/mol. The Bertz CT molecular complexity index is 604. The summed E-state index contributed by atoms with van der Waals surface area (Å²) in [7, 11) is -3.89. The van der Waals surface area contributed by atoms with Gasteiger partial charge in [-0.25, -0.2) is 17.5 Å². The molecule has 0 aliphatic carbocycles. The molecule has 118 valence electrons. The number of hydrogen-bond donors (Lipinski definition) is 2. The van der Waals surface area contributed by atoms with E-state index < -0.39 is 15.8 Å². The second kappa shape index (κ2) is 7.28. The molecule has 0 radical (unpaired) electrons. The van der Waals surface area contributed by atoms with Gasteiger partial charge in [-0.05, 0) is 30.9 Å². The van der Waals surface area contributed by atoms with E-state index in [1.54, 1.807) is 11.8 Å². The number of nitrogens with one attached hydrogen (secondary N) is 2. The topological polar surface area (TPSA) is 58.2 Å². The molecule has 1 aromatic carbocycles. The van der Waals surface area contributed by atoms with Crippen molar-refractivity contribution in [2.45, 2.75) is 30.8 Å². The minimum atomic E-state index is -3.89. The lowest BCUT2D eigenvalue weighted by Crippen LogP contribution is -2.35. The maximum atomic E-state index is 14.4. The van der Waals surface area contributed by atoms with Gasteiger partial charge in [-0.2, -0.15) is 11.8 Å². The highest BCUT2D eigenvalue weighted by Gasteiger charge is 2.27. The Kier molecular flexibility index (Phi) is 5.90. The molecule has 1 saturated heterocycles. The molecule has 1 fully saturated rings. The van der Waals surface area contributed by atoms with Crippen LogP contribution in [0.4, 0.5) is 4.39 Å². The average molecular weight is 353 g/mol. The van der Waals surface area contributed by atoms with Gasteiger partial charge in [0.2, 0.25) is 10.0 Å². The van der Waals surface area contributed by atoms with Crippen LogP contribution in [0.15, 0.2) is 17.0 Å². The van der Waals surface area contributed by atoms with Crippen molar-refractivity contribution in [2.75, 3.05) is 18.1 Å². The summed E-state index contributed by atoms with van der Waals surface area (Å²) in [6.07, 6.45) is 0.760. The molecule has 2 rings (SSSR count). The van der Waals surface area contributed by atoms with Gasteiger partial charge in [-0.15, -0.1) is 0 Å². The summed E-state index contributed by atoms with van der Waals surface area (Å²) in [4.78, 5) is -0.375. The molecule has 0 amide bonds. The monoisotopic (exact) mass is 352 g/mol. The van der Waals surface area contributed by atoms with E-state index in [-0.39, 0.29) is 28.1 Å². The van der Waals surface area contributed by atoms with E-state index in [1.807, 2.05) is 6.92 Å². The zero-order valence-electron chi connectivity index (χ0n) is 11.7. The molecule has 1 heterocycles. The van der Waals surface area contributed by atoms with Crippen LogP contribution >= 0.6 is 23.4 Å². The van der Waals surface area contributed by atoms with Crippen molar-refractivity contribution in [3.05, 3.63) is 28.5 Å². The predicted octanol–water partition coefficient (Wildman–Crippen LogP) is 2.37. The Balaban J connectivity index is 2.30. The van der Waals surface area contributed by atoms with Gasteiger partial charge in [0.1, 0.15) is 10.7 Å². The molecule has 8 heteroatoms. The van der Waals surface area contributed by atoms with E-state index in [4.69, 9.17) is 11.6 Å². The first kappa shape index (κ1) is 17.0. The number of halogens is 2. The lowest BCUT2D eigenvalue weighted by Gasteiger charge is -2.14. The van der Waals surface area contributed by atoms with E-state index >= 15 is 0 Å². The van der Waals surface area contributed by atoms with Crippen LogP contribution in [0.5, 0.6) is 0 Å². The highest BCUT2D eigenvalue weighted by Crippen LogP contribution is 2.25. The van der Waals surface area contributed by atoms with Crippen molar-refractivity contribution in [1.82, 2.24) is 10.0 Å². The summed E-state index contributed by atoms with van der Waals surface area (Å²) in [5, 5.41) is 3.18. The summed E-state index contributed by atoms with van der Waals surface area (Å²) in [6.45, 7) is 2.79. The zero-order valence-corrected chi connectivity index (χ0v) is 14.0. The summed E-state index contributed by atoms with van der Waals surface area (Å²) < 4.78 is 41.7. The molecular formula is C13H18ClFN2O2S2. The van der Waals surface area contributed by atoms with Gasteiger partial charge in [-0.1, -0.05) is 18.5 Å². The van der Waals surface area contributed by atoms with Crippen LogP contribution in [0, 0.1) is 5.82 Å². The lowest BCUT2D eigenvalue weighted by molar-refractivity contribution is 0.535. The molecule has 21 heavy (non-hydrogen) atoms. The lowest BCUT2D eigenvalue weighted by atomic mass is 10.2. The smallest absolute Gasteiger partial charge is 0.243 e. The minimum Gasteiger partial charge on any atom is -0.313 e. The quantitative estimate of drug-likeness (QED) is 0.825. The van der Waals surface area contributed by atoms with Crippen LogP contribution in [0.1, 0.15) is 18.9 Å². The Morgan fingerprint density at radius 2 is 2.24 bits per heavy atom. The van der Waals surface area contributed by atoms with Crippen molar-refractivity contribution in [2.24, 2.45) is 0 Å². The van der Waals surface area contributed by atoms with Crippen molar-refractivity contribution in [3.63, 3.8) is 0 Å². The standard InChI is InChI=1S/C13H18ClFN2O2S2/c1-2-16-7-9-5-10(14)6-12(13(9)15)21(18,19)17-11-3-4-20-8-11/h5-6,11,16-17H,2-4,7-8H2,1H3. The van der Waals surface area contributed by atoms with Crippen LogP contribution in [0.3, 0.4) is 0 Å². The first-order valence-electron chi connectivity index (χ1n) is 6.72. The van der Waals surface area contributed by atoms with Gasteiger partial charge in [-0.3, -0.25) is 0 Å². The Morgan fingerprint density at radius 3 is 2.86 bits per heavy atom. The third-order valence-electron chi connectivity index (χ3n) is 3.19. The molecule has 2 N–H and O–H groups in total. The summed E-state index contributed by atoms with van der Waals surface area (Å²) in [5.41, 5.74) is 0.255. The van der Waals surface area contributed by atoms with Crippen molar-refractivity contribution in [1.29, 1.82) is 0 Å². The van der Waals surface area contributed by atoms with Gasteiger partial charge in [0.05, 0.1) is 0 Å². The molecule has 1 aromatic rings. The molecule has 0 spiro atoms. The van der Waals surface area contributed by atoms with Crippen molar-refractivity contribution >= 4 is 33.4 Å². The number of rotatable bonds is 6. The normalized spacial score (nSPS) is 19.1. The van der Waals surface area contributed by atoms with E-state index in [2.05, 4.69) is 10.0 Å². The first-order valence-corrected chi connectivity index (χ1v) is 9.74. The third kappa shape index (κ3) is 4.32. The molecule has 4 nitrogen and oxygen atoms in total. The minimum absolute atomic E-state index is 0.143. The van der Waals surface area contributed by atoms with Gasteiger partial charge < -0.3 is 5.32 Å². The van der Waals surface area contributed by atoms with Gasteiger partial charge in [0, 0.05) is 28.9 Å². The fraction of sp³-hybridized carbons (Fsp3) is 0.538. The molecule has 1 unspecified atom stereocenters. The Labute approximate surface area is 133 Å². The summed E-state index contributed by atoms with van der Waals surface area (Å²) in [6, 6.07) is 2.47. The molecule has 0 saturated carbocycles. The maximum absolute atomic E-state index is 14.4. The second-order valence-corrected chi connectivity index (χ2v) is 8.11. The molecule has 1 atom stereocenters. The fourth-order valence-electron chi connectivity index (χ4n) is 2.11. The summed E-state index contributed by atoms with van der Waals surface area (Å²) in [5.74, 6) is 0.890. The van der Waals surface area contributed by atoms with Crippen LogP contribution in [0.2, 0.25) is 5.02 Å². The number of thioether (sulfide) groups is 1. The van der Waals surface area contributed by atoms with Crippen molar-refractivity contribution < 1.29 is 12.8 Å². The molecule has 0 aromatic heterocycles. The third-order valence-corrected chi connectivity index (χ3v) is 6.09. The van der Waals surface area contributed by atoms with Gasteiger partial charge >= 0.3 is 0 Å². The van der Waals surface area contributed by atoms with E-state index in [9.17, 15) is 12.8 Å². The fourth-order valence-corrected chi connectivity index (χ4v) is 5.09. The highest BCUT2D eigenvalue weighted by atomic mass is 35.5. The number of sulfonamides is 1. The largest absolute Gasteiger partial charge is 0.313 e. The molecule has 1 aliphatic heterocycles. The number of benzene rings is 1. The van der Waals surface area contributed by atoms with Gasteiger partial charge in [0.25, 0.3) is 0 Å². The van der Waals surface area contributed by atoms with Crippen molar-refractivity contribution in [3.8, 4) is 0 Å². The van der Waals surface area contributed by atoms with E-state index in [1.165, 1.54) is 6.07 Å². The molecule has 0 bridgehead atoms. The second-order valence-electron chi connectivity index (χ2n) is 4.84. The maximum Gasteiger partial charge on any atom is 0.243 e. The summed E-state index contributed by atoms with van der Waals surface area (Å²) >= 11 is 7.62. The number of hydrogen-bond acceptors (Lipinski definition) is 4.